The van der Waals surface area contributed by atoms with Crippen LogP contribution in [0.4, 0.5) is 0 Å². The number of hydrogen-bond donors (Lipinski definition) is 0. The lowest BCUT2D eigenvalue weighted by Gasteiger charge is -1.99. The second-order valence-electron chi connectivity index (χ2n) is 3.74. The Morgan fingerprint density at radius 3 is 2.38 bits per heavy atom. The van der Waals surface area contributed by atoms with E-state index in [4.69, 9.17) is 0 Å². The zero-order chi connectivity index (χ0) is 10.1. The van der Waals surface area contributed by atoms with E-state index in [2.05, 4.69) is 33.1 Å². The maximum Gasteiger partial charge on any atom is -0.0285 e. The third-order valence-electron chi connectivity index (χ3n) is 2.04. The van der Waals surface area contributed by atoms with E-state index >= 15 is 0 Å². The second-order valence-corrected chi connectivity index (χ2v) is 3.74. The molecule has 0 aromatic heterocycles. The van der Waals surface area contributed by atoms with Crippen molar-refractivity contribution in [3.63, 3.8) is 0 Å². The van der Waals surface area contributed by atoms with E-state index in [1.807, 2.05) is 6.08 Å². The highest BCUT2D eigenvalue weighted by Gasteiger charge is 1.90. The molecule has 0 fully saturated rings. The maximum absolute atomic E-state index is 3.89. The van der Waals surface area contributed by atoms with Gasteiger partial charge < -0.3 is 0 Å². The molecule has 0 aromatic carbocycles. The van der Waals surface area contributed by atoms with Crippen LogP contribution in [0.1, 0.15) is 46.0 Å². The summed E-state index contributed by atoms with van der Waals surface area (Å²) in [6, 6.07) is 0. The van der Waals surface area contributed by atoms with Crippen molar-refractivity contribution in [2.75, 3.05) is 0 Å². The topological polar surface area (TPSA) is 0 Å². The molecule has 74 valence electrons. The first-order valence-corrected chi connectivity index (χ1v) is 5.10. The molecule has 0 radical (unpaired) electrons. The average Bonchev–Trinajstić information content (AvgIpc) is 2.10. The van der Waals surface area contributed by atoms with Gasteiger partial charge in [0, 0.05) is 0 Å². The van der Waals surface area contributed by atoms with Gasteiger partial charge in [-0.15, -0.1) is 0 Å². The summed E-state index contributed by atoms with van der Waals surface area (Å²) in [6.07, 6.45) is 10.4. The Morgan fingerprint density at radius 1 is 1.15 bits per heavy atom. The van der Waals surface area contributed by atoms with Gasteiger partial charge in [0.25, 0.3) is 0 Å². The lowest BCUT2D eigenvalue weighted by Crippen LogP contribution is -1.79. The lowest BCUT2D eigenvalue weighted by atomic mass is 10.1. The summed E-state index contributed by atoms with van der Waals surface area (Å²) in [5.74, 6) is 0. The van der Waals surface area contributed by atoms with Crippen LogP contribution in [0.25, 0.3) is 0 Å². The Morgan fingerprint density at radius 2 is 1.85 bits per heavy atom. The smallest absolute Gasteiger partial charge is 0.0285 e. The van der Waals surface area contributed by atoms with Crippen LogP contribution in [-0.2, 0) is 0 Å². The minimum Gasteiger partial charge on any atom is -0.0988 e. The SMILES string of the molecule is C=CC(=C)CCCCCC=C(C)C. The van der Waals surface area contributed by atoms with Gasteiger partial charge in [0.05, 0.1) is 0 Å². The Labute approximate surface area is 83.0 Å². The standard InChI is InChI=1S/C13H22/c1-5-13(4)11-9-7-6-8-10-12(2)3/h5,10H,1,4,6-9,11H2,2-3H3. The number of allylic oxidation sites excluding steroid dienone is 4. The molecule has 0 heterocycles. The van der Waals surface area contributed by atoms with Crippen molar-refractivity contribution in [2.24, 2.45) is 0 Å². The van der Waals surface area contributed by atoms with Gasteiger partial charge >= 0.3 is 0 Å². The summed E-state index contributed by atoms with van der Waals surface area (Å²) in [5, 5.41) is 0. The van der Waals surface area contributed by atoms with Gasteiger partial charge in [-0.2, -0.15) is 0 Å². The zero-order valence-electron chi connectivity index (χ0n) is 9.10. The second kappa shape index (κ2) is 7.85. The molecule has 0 bridgehead atoms. The van der Waals surface area contributed by atoms with Gasteiger partial charge in [-0.25, -0.2) is 0 Å². The van der Waals surface area contributed by atoms with Crippen LogP contribution in [0.3, 0.4) is 0 Å². The van der Waals surface area contributed by atoms with Gasteiger partial charge in [0.1, 0.15) is 0 Å². The van der Waals surface area contributed by atoms with Crippen LogP contribution in [-0.4, -0.2) is 0 Å². The van der Waals surface area contributed by atoms with Crippen LogP contribution in [0.2, 0.25) is 0 Å². The number of unbranched alkanes of at least 4 members (excludes halogenated alkanes) is 3. The van der Waals surface area contributed by atoms with Crippen LogP contribution >= 0.6 is 0 Å². The fraction of sp³-hybridized carbons (Fsp3) is 0.538. The summed E-state index contributed by atoms with van der Waals surface area (Å²) in [4.78, 5) is 0. The molecule has 0 N–H and O–H groups in total. The fourth-order valence-corrected chi connectivity index (χ4v) is 1.17. The van der Waals surface area contributed by atoms with E-state index in [0.717, 1.165) is 6.42 Å². The van der Waals surface area contributed by atoms with Gasteiger partial charge in [-0.3, -0.25) is 0 Å². The molecule has 0 aliphatic carbocycles. The predicted molar refractivity (Wildman–Crippen MR) is 61.9 cm³/mol. The van der Waals surface area contributed by atoms with Crippen molar-refractivity contribution in [2.45, 2.75) is 46.0 Å². The van der Waals surface area contributed by atoms with E-state index in [9.17, 15) is 0 Å². The maximum atomic E-state index is 3.89. The fourth-order valence-electron chi connectivity index (χ4n) is 1.17. The quantitative estimate of drug-likeness (QED) is 0.302. The molecular weight excluding hydrogens is 156 g/mol. The Balaban J connectivity index is 3.22. The summed E-state index contributed by atoms with van der Waals surface area (Å²) in [6.45, 7) is 11.9. The predicted octanol–water partition coefficient (Wildman–Crippen LogP) is 4.65. The third-order valence-corrected chi connectivity index (χ3v) is 2.04. The molecule has 13 heavy (non-hydrogen) atoms. The molecule has 0 unspecified atom stereocenters. The Bertz CT molecular complexity index is 180. The van der Waals surface area contributed by atoms with E-state index in [-0.39, 0.29) is 0 Å². The molecule has 0 amide bonds. The van der Waals surface area contributed by atoms with Crippen LogP contribution in [0.5, 0.6) is 0 Å². The monoisotopic (exact) mass is 178 g/mol. The lowest BCUT2D eigenvalue weighted by molar-refractivity contribution is 0.688. The highest BCUT2D eigenvalue weighted by atomic mass is 14.0. The highest BCUT2D eigenvalue weighted by molar-refractivity contribution is 5.10. The first kappa shape index (κ1) is 12.2. The molecule has 0 rings (SSSR count). The number of hydrogen-bond acceptors (Lipinski definition) is 0. The van der Waals surface area contributed by atoms with Gasteiger partial charge in [0.2, 0.25) is 0 Å². The Hall–Kier alpha value is -0.780. The molecule has 0 saturated carbocycles. The van der Waals surface area contributed by atoms with Gasteiger partial charge in [-0.1, -0.05) is 42.9 Å². The van der Waals surface area contributed by atoms with Crippen molar-refractivity contribution >= 4 is 0 Å². The van der Waals surface area contributed by atoms with E-state index in [1.165, 1.54) is 36.8 Å². The summed E-state index contributed by atoms with van der Waals surface area (Å²) in [5.41, 5.74) is 2.60. The summed E-state index contributed by atoms with van der Waals surface area (Å²) < 4.78 is 0. The average molecular weight is 178 g/mol. The molecule has 0 spiro atoms. The van der Waals surface area contributed by atoms with E-state index in [0.29, 0.717) is 0 Å². The molecule has 0 aromatic rings. The minimum atomic E-state index is 1.11. The molecule has 0 atom stereocenters. The first-order valence-electron chi connectivity index (χ1n) is 5.10. The van der Waals surface area contributed by atoms with Crippen molar-refractivity contribution in [1.29, 1.82) is 0 Å². The molecule has 0 heteroatoms. The van der Waals surface area contributed by atoms with Gasteiger partial charge in [0.15, 0.2) is 0 Å². The van der Waals surface area contributed by atoms with Crippen molar-refractivity contribution in [1.82, 2.24) is 0 Å². The zero-order valence-corrected chi connectivity index (χ0v) is 9.10. The molecular formula is C13H22. The van der Waals surface area contributed by atoms with Crippen LogP contribution in [0.15, 0.2) is 36.5 Å². The molecule has 0 aliphatic heterocycles. The van der Waals surface area contributed by atoms with Crippen molar-refractivity contribution in [3.8, 4) is 0 Å². The third kappa shape index (κ3) is 9.13. The summed E-state index contributed by atoms with van der Waals surface area (Å²) >= 11 is 0. The van der Waals surface area contributed by atoms with E-state index in [1.54, 1.807) is 0 Å². The van der Waals surface area contributed by atoms with E-state index < -0.39 is 0 Å². The van der Waals surface area contributed by atoms with Crippen LogP contribution in [0, 0.1) is 0 Å². The highest BCUT2D eigenvalue weighted by Crippen LogP contribution is 2.09. The summed E-state index contributed by atoms with van der Waals surface area (Å²) in [7, 11) is 0. The van der Waals surface area contributed by atoms with Crippen molar-refractivity contribution < 1.29 is 0 Å². The minimum absolute atomic E-state index is 1.11. The largest absolute Gasteiger partial charge is 0.0988 e. The van der Waals surface area contributed by atoms with Crippen LogP contribution < -0.4 is 0 Å². The first-order chi connectivity index (χ1) is 6.16. The number of rotatable bonds is 7. The normalized spacial score (nSPS) is 9.38. The van der Waals surface area contributed by atoms with Crippen molar-refractivity contribution in [3.05, 3.63) is 36.5 Å². The van der Waals surface area contributed by atoms with Gasteiger partial charge in [-0.05, 0) is 39.5 Å². The molecule has 0 nitrogen and oxygen atoms in total. The molecule has 0 aliphatic rings. The Kier molecular flexibility index (Phi) is 7.38. The molecule has 0 saturated heterocycles.